The van der Waals surface area contributed by atoms with E-state index in [2.05, 4.69) is 36.3 Å². The summed E-state index contributed by atoms with van der Waals surface area (Å²) in [6.45, 7) is 1.84. The van der Waals surface area contributed by atoms with Gasteiger partial charge in [0.2, 0.25) is 17.6 Å². The normalized spacial score (nSPS) is 15.9. The zero-order chi connectivity index (χ0) is 25.8. The number of carbonyl (C=O) groups is 2. The first-order valence-corrected chi connectivity index (χ1v) is 13.1. The number of likely N-dealkylation sites (tertiary alicyclic amines) is 1. The molecule has 37 heavy (non-hydrogen) atoms. The molecule has 9 heteroatoms. The summed E-state index contributed by atoms with van der Waals surface area (Å²) in [4.78, 5) is 33.0. The van der Waals surface area contributed by atoms with Crippen molar-refractivity contribution in [1.29, 1.82) is 0 Å². The Kier molecular flexibility index (Phi) is 7.79. The highest BCUT2D eigenvalue weighted by molar-refractivity contribution is 9.10. The third-order valence-corrected chi connectivity index (χ3v) is 7.03. The van der Waals surface area contributed by atoms with Gasteiger partial charge in [0.1, 0.15) is 0 Å². The van der Waals surface area contributed by atoms with E-state index in [1.807, 2.05) is 30.3 Å². The topological polar surface area (TPSA) is 88.3 Å². The van der Waals surface area contributed by atoms with Gasteiger partial charge in [0, 0.05) is 32.7 Å². The minimum absolute atomic E-state index is 0.130. The van der Waals surface area contributed by atoms with Crippen LogP contribution < -0.4 is 5.32 Å². The summed E-state index contributed by atoms with van der Waals surface area (Å²) in [6.07, 6.45) is 1.62. The zero-order valence-corrected chi connectivity index (χ0v) is 22.2. The lowest BCUT2D eigenvalue weighted by molar-refractivity contribution is -0.121. The van der Waals surface area contributed by atoms with E-state index >= 15 is 0 Å². The Bertz CT molecular complexity index is 1430. The van der Waals surface area contributed by atoms with E-state index in [9.17, 15) is 9.59 Å². The fourth-order valence-electron chi connectivity index (χ4n) is 4.46. The Hall–Kier alpha value is -3.33. The molecular formula is C28H24BrClN4O3. The lowest BCUT2D eigenvalue weighted by Crippen LogP contribution is -2.40. The number of anilines is 1. The number of benzene rings is 3. The van der Waals surface area contributed by atoms with Crippen LogP contribution in [0.25, 0.3) is 11.4 Å². The molecule has 1 atom stereocenters. The van der Waals surface area contributed by atoms with Crippen molar-refractivity contribution in [3.8, 4) is 11.4 Å². The average Bonchev–Trinajstić information content (AvgIpc) is 3.38. The maximum Gasteiger partial charge on any atom is 0.241 e. The molecule has 1 N–H and O–H groups in total. The predicted molar refractivity (Wildman–Crippen MR) is 145 cm³/mol. The molecule has 1 aliphatic rings. The highest BCUT2D eigenvalue weighted by Crippen LogP contribution is 2.27. The number of hydrogen-bond acceptors (Lipinski definition) is 6. The third-order valence-electron chi connectivity index (χ3n) is 6.31. The van der Waals surface area contributed by atoms with Gasteiger partial charge in [0.15, 0.2) is 5.78 Å². The van der Waals surface area contributed by atoms with Gasteiger partial charge in [-0.25, -0.2) is 0 Å². The highest BCUT2D eigenvalue weighted by atomic mass is 79.9. The minimum atomic E-state index is -0.239. The standard InChI is InChI=1S/C28H24BrClN4O3/c29-21-10-4-8-19(14-21)27-32-25(37-33-27)17-34-13-5-9-20(16-34)28(36)31-24-12-11-22(30)15-23(24)26(35)18-6-2-1-3-7-18/h1-4,6-8,10-12,14-15,20H,5,9,13,16-17H2,(H,31,36). The van der Waals surface area contributed by atoms with E-state index in [0.717, 1.165) is 29.4 Å². The van der Waals surface area contributed by atoms with E-state index in [1.165, 1.54) is 0 Å². The molecule has 1 aliphatic heterocycles. The van der Waals surface area contributed by atoms with Crippen molar-refractivity contribution < 1.29 is 14.1 Å². The molecule has 1 amide bonds. The van der Waals surface area contributed by atoms with Crippen LogP contribution in [0.4, 0.5) is 5.69 Å². The van der Waals surface area contributed by atoms with Crippen LogP contribution in [0.3, 0.4) is 0 Å². The second-order valence-electron chi connectivity index (χ2n) is 8.97. The van der Waals surface area contributed by atoms with Crippen LogP contribution in [-0.2, 0) is 11.3 Å². The molecule has 4 aromatic rings. The van der Waals surface area contributed by atoms with Gasteiger partial charge in [0.25, 0.3) is 0 Å². The molecule has 1 unspecified atom stereocenters. The Balaban J connectivity index is 1.25. The molecule has 0 aliphatic carbocycles. The predicted octanol–water partition coefficient (Wildman–Crippen LogP) is 6.23. The van der Waals surface area contributed by atoms with Gasteiger partial charge in [-0.2, -0.15) is 4.98 Å². The largest absolute Gasteiger partial charge is 0.338 e. The number of rotatable bonds is 7. The fourth-order valence-corrected chi connectivity index (χ4v) is 5.03. The summed E-state index contributed by atoms with van der Waals surface area (Å²) in [5.74, 6) is 0.470. The van der Waals surface area contributed by atoms with Gasteiger partial charge in [-0.05, 0) is 49.7 Å². The Morgan fingerprint density at radius 3 is 2.73 bits per heavy atom. The molecular weight excluding hydrogens is 556 g/mol. The summed E-state index contributed by atoms with van der Waals surface area (Å²) < 4.78 is 6.42. The van der Waals surface area contributed by atoms with Gasteiger partial charge >= 0.3 is 0 Å². The summed E-state index contributed by atoms with van der Waals surface area (Å²) in [6, 6.07) is 21.6. The van der Waals surface area contributed by atoms with Crippen molar-refractivity contribution >= 4 is 44.9 Å². The first-order chi connectivity index (χ1) is 18.0. The smallest absolute Gasteiger partial charge is 0.241 e. The second-order valence-corrected chi connectivity index (χ2v) is 10.3. The van der Waals surface area contributed by atoms with Crippen LogP contribution in [-0.4, -0.2) is 39.8 Å². The molecule has 0 bridgehead atoms. The van der Waals surface area contributed by atoms with Gasteiger partial charge in [-0.15, -0.1) is 0 Å². The molecule has 5 rings (SSSR count). The van der Waals surface area contributed by atoms with Crippen molar-refractivity contribution in [3.63, 3.8) is 0 Å². The number of nitrogens with one attached hydrogen (secondary N) is 1. The van der Waals surface area contributed by atoms with E-state index in [4.69, 9.17) is 16.1 Å². The summed E-state index contributed by atoms with van der Waals surface area (Å²) in [5, 5.41) is 7.51. The van der Waals surface area contributed by atoms with Crippen LogP contribution in [0.5, 0.6) is 0 Å². The second kappa shape index (κ2) is 11.4. The van der Waals surface area contributed by atoms with Crippen LogP contribution >= 0.6 is 27.5 Å². The Morgan fingerprint density at radius 2 is 1.92 bits per heavy atom. The number of piperidine rings is 1. The molecule has 188 valence electrons. The van der Waals surface area contributed by atoms with Crippen molar-refractivity contribution in [2.24, 2.45) is 5.92 Å². The van der Waals surface area contributed by atoms with Gasteiger partial charge < -0.3 is 9.84 Å². The maximum atomic E-state index is 13.2. The van der Waals surface area contributed by atoms with Crippen molar-refractivity contribution in [2.75, 3.05) is 18.4 Å². The van der Waals surface area contributed by atoms with Gasteiger partial charge in [-0.3, -0.25) is 14.5 Å². The highest BCUT2D eigenvalue weighted by Gasteiger charge is 2.28. The maximum absolute atomic E-state index is 13.2. The Morgan fingerprint density at radius 1 is 1.08 bits per heavy atom. The molecule has 1 aromatic heterocycles. The number of aromatic nitrogens is 2. The molecule has 3 aromatic carbocycles. The first kappa shape index (κ1) is 25.3. The van der Waals surface area contributed by atoms with E-state index in [-0.39, 0.29) is 17.6 Å². The number of ketones is 1. The van der Waals surface area contributed by atoms with E-state index < -0.39 is 0 Å². The van der Waals surface area contributed by atoms with E-state index in [1.54, 1.807) is 42.5 Å². The van der Waals surface area contributed by atoms with Gasteiger partial charge in [-0.1, -0.05) is 75.2 Å². The molecule has 2 heterocycles. The SMILES string of the molecule is O=C(c1ccccc1)c1cc(Cl)ccc1NC(=O)C1CCCN(Cc2nc(-c3cccc(Br)c3)no2)C1. The molecule has 0 saturated carbocycles. The number of halogens is 2. The lowest BCUT2D eigenvalue weighted by atomic mass is 9.96. The van der Waals surface area contributed by atoms with E-state index in [0.29, 0.717) is 46.6 Å². The van der Waals surface area contributed by atoms with Crippen LogP contribution in [0.2, 0.25) is 5.02 Å². The third kappa shape index (κ3) is 6.15. The van der Waals surface area contributed by atoms with Crippen LogP contribution in [0, 0.1) is 5.92 Å². The summed E-state index contributed by atoms with van der Waals surface area (Å²) in [7, 11) is 0. The van der Waals surface area contributed by atoms with Crippen molar-refractivity contribution in [2.45, 2.75) is 19.4 Å². The molecule has 1 fully saturated rings. The number of amides is 1. The van der Waals surface area contributed by atoms with Crippen LogP contribution in [0.15, 0.2) is 81.8 Å². The molecule has 7 nitrogen and oxygen atoms in total. The van der Waals surface area contributed by atoms with Crippen LogP contribution in [0.1, 0.15) is 34.7 Å². The number of hydrogen-bond donors (Lipinski definition) is 1. The quantitative estimate of drug-likeness (QED) is 0.261. The molecule has 0 spiro atoms. The van der Waals surface area contributed by atoms with Gasteiger partial charge in [0.05, 0.1) is 18.2 Å². The first-order valence-electron chi connectivity index (χ1n) is 12.0. The fraction of sp³-hybridized carbons (Fsp3) is 0.214. The monoisotopic (exact) mass is 578 g/mol. The van der Waals surface area contributed by atoms with Crippen molar-refractivity contribution in [3.05, 3.63) is 99.3 Å². The lowest BCUT2D eigenvalue weighted by Gasteiger charge is -2.31. The summed E-state index contributed by atoms with van der Waals surface area (Å²) in [5.41, 5.74) is 2.22. The molecule has 1 saturated heterocycles. The number of carbonyl (C=O) groups excluding carboxylic acids is 2. The number of nitrogens with zero attached hydrogens (tertiary/aromatic N) is 3. The Labute approximate surface area is 228 Å². The summed E-state index contributed by atoms with van der Waals surface area (Å²) >= 11 is 9.64. The molecule has 0 radical (unpaired) electrons. The minimum Gasteiger partial charge on any atom is -0.338 e. The average molecular weight is 580 g/mol. The van der Waals surface area contributed by atoms with Crippen molar-refractivity contribution in [1.82, 2.24) is 15.0 Å². The zero-order valence-electron chi connectivity index (χ0n) is 19.9.